The van der Waals surface area contributed by atoms with Gasteiger partial charge in [0.15, 0.2) is 0 Å². The standard InChI is InChI=1S/C10H20O2S/c1-3-4-5-6-7-8-10(13)12-9(2)11/h10,13H,3-8H2,1-2H3. The van der Waals surface area contributed by atoms with Crippen LogP contribution < -0.4 is 0 Å². The molecule has 0 aromatic heterocycles. The summed E-state index contributed by atoms with van der Waals surface area (Å²) in [6.07, 6.45) is 7.01. The first kappa shape index (κ1) is 12.8. The Labute approximate surface area is 86.5 Å². The molecule has 1 unspecified atom stereocenters. The zero-order valence-corrected chi connectivity index (χ0v) is 9.48. The Kier molecular flexibility index (Phi) is 8.30. The van der Waals surface area contributed by atoms with Gasteiger partial charge in [0.05, 0.1) is 0 Å². The Balaban J connectivity index is 3.17. The topological polar surface area (TPSA) is 26.3 Å². The van der Waals surface area contributed by atoms with Crippen LogP contribution in [-0.4, -0.2) is 11.4 Å². The summed E-state index contributed by atoms with van der Waals surface area (Å²) in [4.78, 5) is 10.5. The molecular formula is C10H20O2S. The summed E-state index contributed by atoms with van der Waals surface area (Å²) in [6, 6.07) is 0. The highest BCUT2D eigenvalue weighted by Gasteiger charge is 2.04. The van der Waals surface area contributed by atoms with E-state index in [9.17, 15) is 4.79 Å². The molecule has 0 rings (SSSR count). The molecule has 0 aromatic rings. The van der Waals surface area contributed by atoms with Crippen LogP contribution in [0, 0.1) is 0 Å². The van der Waals surface area contributed by atoms with Gasteiger partial charge < -0.3 is 4.74 Å². The van der Waals surface area contributed by atoms with E-state index < -0.39 is 0 Å². The van der Waals surface area contributed by atoms with Crippen molar-refractivity contribution in [3.8, 4) is 0 Å². The quantitative estimate of drug-likeness (QED) is 0.298. The molecule has 0 fully saturated rings. The second-order valence-electron chi connectivity index (χ2n) is 3.27. The highest BCUT2D eigenvalue weighted by molar-refractivity contribution is 7.80. The van der Waals surface area contributed by atoms with Crippen LogP contribution in [0.5, 0.6) is 0 Å². The van der Waals surface area contributed by atoms with Crippen molar-refractivity contribution in [3.05, 3.63) is 0 Å². The molecule has 0 bridgehead atoms. The second kappa shape index (κ2) is 8.42. The first-order valence-corrected chi connectivity index (χ1v) is 5.53. The number of carbonyl (C=O) groups excluding carboxylic acids is 1. The van der Waals surface area contributed by atoms with Gasteiger partial charge >= 0.3 is 5.97 Å². The number of hydrogen-bond donors (Lipinski definition) is 1. The molecule has 0 saturated carbocycles. The number of thiol groups is 1. The van der Waals surface area contributed by atoms with Crippen LogP contribution in [0.4, 0.5) is 0 Å². The van der Waals surface area contributed by atoms with Crippen LogP contribution in [0.3, 0.4) is 0 Å². The van der Waals surface area contributed by atoms with Crippen LogP contribution in [0.2, 0.25) is 0 Å². The molecule has 0 spiro atoms. The molecule has 3 heteroatoms. The highest BCUT2D eigenvalue weighted by Crippen LogP contribution is 2.11. The SMILES string of the molecule is CCCCCCCC(S)OC(C)=O. The summed E-state index contributed by atoms with van der Waals surface area (Å²) in [5, 5.41) is 0. The number of rotatable bonds is 7. The average Bonchev–Trinajstić information content (AvgIpc) is 2.02. The first-order valence-electron chi connectivity index (χ1n) is 5.02. The fourth-order valence-corrected chi connectivity index (χ4v) is 1.50. The van der Waals surface area contributed by atoms with Gasteiger partial charge in [0.2, 0.25) is 0 Å². The van der Waals surface area contributed by atoms with Crippen LogP contribution >= 0.6 is 12.6 Å². The predicted octanol–water partition coefficient (Wildman–Crippen LogP) is 3.17. The number of ether oxygens (including phenoxy) is 1. The molecule has 78 valence electrons. The van der Waals surface area contributed by atoms with E-state index in [0.717, 1.165) is 12.8 Å². The first-order chi connectivity index (χ1) is 6.16. The molecule has 0 amide bonds. The molecule has 1 atom stereocenters. The Morgan fingerprint density at radius 2 is 1.92 bits per heavy atom. The minimum absolute atomic E-state index is 0.209. The van der Waals surface area contributed by atoms with Gasteiger partial charge in [-0.3, -0.25) is 4.79 Å². The second-order valence-corrected chi connectivity index (χ2v) is 3.84. The minimum atomic E-state index is -0.242. The summed E-state index contributed by atoms with van der Waals surface area (Å²) in [6.45, 7) is 3.61. The van der Waals surface area contributed by atoms with Crippen LogP contribution in [0.15, 0.2) is 0 Å². The van der Waals surface area contributed by atoms with Crippen molar-refractivity contribution in [2.75, 3.05) is 0 Å². The van der Waals surface area contributed by atoms with Gasteiger partial charge in [0.25, 0.3) is 0 Å². The van der Waals surface area contributed by atoms with Crippen molar-refractivity contribution in [1.82, 2.24) is 0 Å². The van der Waals surface area contributed by atoms with Gasteiger partial charge in [-0.2, -0.15) is 0 Å². The Hall–Kier alpha value is -0.180. The maximum absolute atomic E-state index is 10.5. The zero-order chi connectivity index (χ0) is 10.1. The number of carbonyl (C=O) groups is 1. The van der Waals surface area contributed by atoms with Gasteiger partial charge in [-0.15, -0.1) is 12.6 Å². The molecule has 0 N–H and O–H groups in total. The molecular weight excluding hydrogens is 184 g/mol. The van der Waals surface area contributed by atoms with E-state index in [1.807, 2.05) is 0 Å². The van der Waals surface area contributed by atoms with E-state index in [1.165, 1.54) is 32.6 Å². The molecule has 13 heavy (non-hydrogen) atoms. The summed E-state index contributed by atoms with van der Waals surface area (Å²) in [5.74, 6) is -0.242. The third-order valence-electron chi connectivity index (χ3n) is 1.86. The van der Waals surface area contributed by atoms with Crippen molar-refractivity contribution in [2.24, 2.45) is 0 Å². The molecule has 0 aromatic carbocycles. The zero-order valence-electron chi connectivity index (χ0n) is 8.58. The predicted molar refractivity (Wildman–Crippen MR) is 57.9 cm³/mol. The summed E-state index contributed by atoms with van der Waals surface area (Å²) in [7, 11) is 0. The lowest BCUT2D eigenvalue weighted by atomic mass is 10.1. The summed E-state index contributed by atoms with van der Waals surface area (Å²) < 4.78 is 4.88. The number of esters is 1. The van der Waals surface area contributed by atoms with Crippen LogP contribution in [0.25, 0.3) is 0 Å². The number of hydrogen-bond acceptors (Lipinski definition) is 3. The summed E-state index contributed by atoms with van der Waals surface area (Å²) in [5.41, 5.74) is -0.209. The van der Waals surface area contributed by atoms with E-state index in [2.05, 4.69) is 19.6 Å². The van der Waals surface area contributed by atoms with Gasteiger partial charge in [-0.1, -0.05) is 32.6 Å². The van der Waals surface area contributed by atoms with E-state index in [0.29, 0.717) is 0 Å². The van der Waals surface area contributed by atoms with E-state index >= 15 is 0 Å². The van der Waals surface area contributed by atoms with Crippen LogP contribution in [-0.2, 0) is 9.53 Å². The van der Waals surface area contributed by atoms with E-state index in [4.69, 9.17) is 4.74 Å². The Morgan fingerprint density at radius 3 is 2.46 bits per heavy atom. The molecule has 2 nitrogen and oxygen atoms in total. The maximum atomic E-state index is 10.5. The van der Waals surface area contributed by atoms with Gasteiger partial charge in [0, 0.05) is 6.92 Å². The lowest BCUT2D eigenvalue weighted by Gasteiger charge is -2.09. The third-order valence-corrected chi connectivity index (χ3v) is 2.22. The van der Waals surface area contributed by atoms with Crippen LogP contribution in [0.1, 0.15) is 52.4 Å². The molecule has 0 aliphatic heterocycles. The minimum Gasteiger partial charge on any atom is -0.452 e. The van der Waals surface area contributed by atoms with Gasteiger partial charge in [-0.25, -0.2) is 0 Å². The van der Waals surface area contributed by atoms with Gasteiger partial charge in [-0.05, 0) is 12.8 Å². The molecule has 0 saturated heterocycles. The van der Waals surface area contributed by atoms with Crippen molar-refractivity contribution >= 4 is 18.6 Å². The highest BCUT2D eigenvalue weighted by atomic mass is 32.1. The van der Waals surface area contributed by atoms with Crippen molar-refractivity contribution in [2.45, 2.75) is 57.8 Å². The molecule has 0 aliphatic carbocycles. The summed E-state index contributed by atoms with van der Waals surface area (Å²) >= 11 is 4.15. The third kappa shape index (κ3) is 9.74. The van der Waals surface area contributed by atoms with Crippen molar-refractivity contribution in [3.63, 3.8) is 0 Å². The molecule has 0 heterocycles. The van der Waals surface area contributed by atoms with E-state index in [1.54, 1.807) is 0 Å². The monoisotopic (exact) mass is 204 g/mol. The fraction of sp³-hybridized carbons (Fsp3) is 0.900. The normalized spacial score (nSPS) is 12.5. The lowest BCUT2D eigenvalue weighted by molar-refractivity contribution is -0.142. The maximum Gasteiger partial charge on any atom is 0.303 e. The van der Waals surface area contributed by atoms with E-state index in [-0.39, 0.29) is 11.4 Å². The molecule has 0 radical (unpaired) electrons. The Bertz CT molecular complexity index is 137. The lowest BCUT2D eigenvalue weighted by Crippen LogP contribution is -2.09. The largest absolute Gasteiger partial charge is 0.452 e. The fourth-order valence-electron chi connectivity index (χ4n) is 1.17. The van der Waals surface area contributed by atoms with Crippen molar-refractivity contribution < 1.29 is 9.53 Å². The average molecular weight is 204 g/mol. The number of unbranched alkanes of at least 4 members (excludes halogenated alkanes) is 4. The Morgan fingerprint density at radius 1 is 1.31 bits per heavy atom. The van der Waals surface area contributed by atoms with Gasteiger partial charge in [0.1, 0.15) is 5.44 Å². The molecule has 0 aliphatic rings. The van der Waals surface area contributed by atoms with Crippen molar-refractivity contribution in [1.29, 1.82) is 0 Å². The smallest absolute Gasteiger partial charge is 0.303 e.